The summed E-state index contributed by atoms with van der Waals surface area (Å²) in [4.78, 5) is 28.6. The third kappa shape index (κ3) is 3.37. The van der Waals surface area contributed by atoms with Gasteiger partial charge in [-0.1, -0.05) is 36.4 Å². The second kappa shape index (κ2) is 8.46. The molecule has 2 aliphatic heterocycles. The van der Waals surface area contributed by atoms with Crippen LogP contribution in [0.4, 0.5) is 0 Å². The number of nitrogens with zero attached hydrogens (tertiary/aromatic N) is 2. The van der Waals surface area contributed by atoms with E-state index in [1.807, 2.05) is 30.5 Å². The van der Waals surface area contributed by atoms with Gasteiger partial charge in [0, 0.05) is 53.8 Å². The van der Waals surface area contributed by atoms with Gasteiger partial charge < -0.3 is 8.98 Å². The van der Waals surface area contributed by atoms with Crippen molar-refractivity contribution < 1.29 is 14.0 Å². The van der Waals surface area contributed by atoms with E-state index in [0.717, 1.165) is 47.9 Å². The summed E-state index contributed by atoms with van der Waals surface area (Å²) in [6.45, 7) is 7.23. The molecule has 174 valence electrons. The van der Waals surface area contributed by atoms with E-state index in [0.29, 0.717) is 28.3 Å². The van der Waals surface area contributed by atoms with Crippen molar-refractivity contribution in [3.8, 4) is 0 Å². The number of carbonyl (C=O) groups excluding carboxylic acids is 2. The van der Waals surface area contributed by atoms with Gasteiger partial charge in [0.05, 0.1) is 22.9 Å². The number of para-hydroxylation sites is 2. The molecule has 2 aromatic carbocycles. The molecule has 7 heteroatoms. The highest BCUT2D eigenvalue weighted by Gasteiger charge is 2.35. The molecule has 2 amide bonds. The maximum absolute atomic E-state index is 13.1. The molecule has 0 radical (unpaired) electrons. The predicted molar refractivity (Wildman–Crippen MR) is 136 cm³/mol. The minimum Gasteiger partial charge on any atom is -0.464 e. The number of carbonyl (C=O) groups is 2. The smallest absolute Gasteiger partial charge is 0.259 e. The molecule has 1 N–H and O–H groups in total. The summed E-state index contributed by atoms with van der Waals surface area (Å²) in [6, 6.07) is 14.3. The van der Waals surface area contributed by atoms with Crippen LogP contribution < -0.4 is 5.32 Å². The average molecular weight is 476 g/mol. The number of imide groups is 1. The molecule has 0 aliphatic carbocycles. The number of hydrogen-bond donors (Lipinski definition) is 1. The third-order valence-electron chi connectivity index (χ3n) is 6.96. The molecule has 0 bridgehead atoms. The van der Waals surface area contributed by atoms with Crippen molar-refractivity contribution in [1.82, 2.24) is 14.8 Å². The Hall–Kier alpha value is -3.35. The number of fused-ring (bicyclic) bond motifs is 1. The molecule has 0 unspecified atom stereocenters. The molecule has 34 heavy (non-hydrogen) atoms. The van der Waals surface area contributed by atoms with Crippen LogP contribution >= 0.6 is 12.4 Å². The molecular weight excluding hydrogens is 450 g/mol. The van der Waals surface area contributed by atoms with E-state index >= 15 is 0 Å². The first kappa shape index (κ1) is 22.4. The summed E-state index contributed by atoms with van der Waals surface area (Å²) in [5.74, 6) is -0.743. The van der Waals surface area contributed by atoms with Crippen LogP contribution in [0.2, 0.25) is 0 Å². The molecule has 6 rings (SSSR count). The number of amides is 2. The van der Waals surface area contributed by atoms with Crippen molar-refractivity contribution in [3.63, 3.8) is 0 Å². The number of nitrogens with one attached hydrogen (secondary N) is 1. The van der Waals surface area contributed by atoms with Gasteiger partial charge in [0.2, 0.25) is 0 Å². The van der Waals surface area contributed by atoms with Crippen molar-refractivity contribution in [3.05, 3.63) is 71.6 Å². The van der Waals surface area contributed by atoms with Crippen LogP contribution in [0.15, 0.2) is 59.3 Å². The molecule has 2 aromatic heterocycles. The molecule has 4 heterocycles. The number of hydrogen-bond acceptors (Lipinski definition) is 4. The summed E-state index contributed by atoms with van der Waals surface area (Å²) in [5, 5.41) is 4.44. The van der Waals surface area contributed by atoms with Gasteiger partial charge in [-0.15, -0.1) is 12.4 Å². The standard InChI is InChI=1S/C27H25N3O3.ClH/c1-16(2)29-11-9-17-5-3-7-19-21(15-30(13-12-29)24(17)19)23-22(26(31)28-27(23)32)20-8-4-6-18-10-14-33-25(18)20;/h3-8,10,14-16H,9,11-13H2,1-2H3,(H,28,31,32);1H. The minimum absolute atomic E-state index is 0. The summed E-state index contributed by atoms with van der Waals surface area (Å²) < 4.78 is 7.96. The zero-order valence-corrected chi connectivity index (χ0v) is 19.9. The van der Waals surface area contributed by atoms with Crippen LogP contribution in [0.1, 0.15) is 30.5 Å². The van der Waals surface area contributed by atoms with Crippen molar-refractivity contribution in [1.29, 1.82) is 0 Å². The number of furan rings is 1. The fraction of sp³-hybridized carbons (Fsp3) is 0.259. The molecule has 0 saturated carbocycles. The monoisotopic (exact) mass is 475 g/mol. The zero-order valence-electron chi connectivity index (χ0n) is 19.1. The zero-order chi connectivity index (χ0) is 22.7. The molecule has 0 spiro atoms. The predicted octanol–water partition coefficient (Wildman–Crippen LogP) is 4.64. The van der Waals surface area contributed by atoms with Gasteiger partial charge >= 0.3 is 0 Å². The van der Waals surface area contributed by atoms with Crippen LogP contribution in [0.25, 0.3) is 33.0 Å². The molecule has 0 saturated heterocycles. The lowest BCUT2D eigenvalue weighted by atomic mass is 9.94. The Labute approximate surface area is 203 Å². The minimum atomic E-state index is -0.383. The SMILES string of the molecule is CC(C)N1CCc2cccc3c(C4=C(c5cccc6ccoc56)C(=O)NC4=O)cn(c23)CC1.Cl. The summed E-state index contributed by atoms with van der Waals surface area (Å²) >= 11 is 0. The number of halogens is 1. The summed E-state index contributed by atoms with van der Waals surface area (Å²) in [7, 11) is 0. The Bertz CT molecular complexity index is 1480. The van der Waals surface area contributed by atoms with Gasteiger partial charge in [-0.3, -0.25) is 19.8 Å². The van der Waals surface area contributed by atoms with E-state index in [-0.39, 0.29) is 24.2 Å². The first-order chi connectivity index (χ1) is 16.0. The van der Waals surface area contributed by atoms with Gasteiger partial charge in [0.15, 0.2) is 0 Å². The van der Waals surface area contributed by atoms with Crippen LogP contribution in [0.3, 0.4) is 0 Å². The lowest BCUT2D eigenvalue weighted by molar-refractivity contribution is -0.122. The first-order valence-corrected chi connectivity index (χ1v) is 11.4. The Balaban J connectivity index is 0.00000241. The highest BCUT2D eigenvalue weighted by Crippen LogP contribution is 2.39. The van der Waals surface area contributed by atoms with Gasteiger partial charge in [-0.05, 0) is 31.9 Å². The summed E-state index contributed by atoms with van der Waals surface area (Å²) in [6.07, 6.45) is 4.60. The van der Waals surface area contributed by atoms with Gasteiger partial charge in [0.1, 0.15) is 5.58 Å². The summed E-state index contributed by atoms with van der Waals surface area (Å²) in [5.41, 5.74) is 5.28. The van der Waals surface area contributed by atoms with E-state index in [2.05, 4.69) is 46.8 Å². The van der Waals surface area contributed by atoms with Crippen molar-refractivity contribution in [2.24, 2.45) is 0 Å². The Morgan fingerprint density at radius 1 is 0.912 bits per heavy atom. The van der Waals surface area contributed by atoms with Crippen LogP contribution in [0.5, 0.6) is 0 Å². The molecular formula is C27H26ClN3O3. The Kier molecular flexibility index (Phi) is 5.58. The fourth-order valence-electron chi connectivity index (χ4n) is 5.30. The van der Waals surface area contributed by atoms with E-state index in [1.165, 1.54) is 5.56 Å². The lowest BCUT2D eigenvalue weighted by Gasteiger charge is -2.29. The maximum Gasteiger partial charge on any atom is 0.259 e. The average Bonchev–Trinajstić information content (AvgIpc) is 3.47. The lowest BCUT2D eigenvalue weighted by Crippen LogP contribution is -2.36. The van der Waals surface area contributed by atoms with Gasteiger partial charge in [-0.25, -0.2) is 0 Å². The van der Waals surface area contributed by atoms with Crippen LogP contribution in [-0.4, -0.2) is 40.4 Å². The molecule has 0 atom stereocenters. The fourth-order valence-corrected chi connectivity index (χ4v) is 5.30. The first-order valence-electron chi connectivity index (χ1n) is 11.4. The van der Waals surface area contributed by atoms with E-state index in [1.54, 1.807) is 6.26 Å². The van der Waals surface area contributed by atoms with Gasteiger partial charge in [-0.2, -0.15) is 0 Å². The topological polar surface area (TPSA) is 67.5 Å². The van der Waals surface area contributed by atoms with Crippen molar-refractivity contribution in [2.45, 2.75) is 32.9 Å². The molecule has 4 aromatic rings. The maximum atomic E-state index is 13.1. The van der Waals surface area contributed by atoms with Crippen molar-refractivity contribution in [2.75, 3.05) is 13.1 Å². The highest BCUT2D eigenvalue weighted by molar-refractivity contribution is 6.50. The quantitative estimate of drug-likeness (QED) is 0.438. The molecule has 2 aliphatic rings. The normalized spacial score (nSPS) is 16.8. The van der Waals surface area contributed by atoms with E-state index in [4.69, 9.17) is 4.42 Å². The second-order valence-electron chi connectivity index (χ2n) is 9.11. The number of rotatable bonds is 3. The number of aromatic nitrogens is 1. The van der Waals surface area contributed by atoms with Crippen LogP contribution in [-0.2, 0) is 22.6 Å². The Morgan fingerprint density at radius 3 is 2.47 bits per heavy atom. The van der Waals surface area contributed by atoms with Crippen molar-refractivity contribution >= 4 is 57.2 Å². The molecule has 6 nitrogen and oxygen atoms in total. The second-order valence-corrected chi connectivity index (χ2v) is 9.11. The highest BCUT2D eigenvalue weighted by atomic mass is 35.5. The van der Waals surface area contributed by atoms with Crippen LogP contribution in [0, 0.1) is 0 Å². The number of benzene rings is 2. The van der Waals surface area contributed by atoms with E-state index < -0.39 is 0 Å². The van der Waals surface area contributed by atoms with Gasteiger partial charge in [0.25, 0.3) is 11.8 Å². The Morgan fingerprint density at radius 2 is 1.68 bits per heavy atom. The van der Waals surface area contributed by atoms with E-state index in [9.17, 15) is 9.59 Å². The largest absolute Gasteiger partial charge is 0.464 e. The third-order valence-corrected chi connectivity index (χ3v) is 6.96. The molecule has 0 fully saturated rings.